The van der Waals surface area contributed by atoms with Gasteiger partial charge in [0.1, 0.15) is 5.76 Å². The third-order valence-electron chi connectivity index (χ3n) is 5.26. The Hall–Kier alpha value is -2.98. The number of carbonyl (C=O) groups excluding carboxylic acids is 2. The Morgan fingerprint density at radius 1 is 1.28 bits per heavy atom. The Morgan fingerprint density at radius 2 is 2.09 bits per heavy atom. The summed E-state index contributed by atoms with van der Waals surface area (Å²) < 4.78 is 36.5. The van der Waals surface area contributed by atoms with Crippen LogP contribution in [0.1, 0.15) is 34.3 Å². The number of aromatic nitrogens is 1. The van der Waals surface area contributed by atoms with Crippen molar-refractivity contribution in [3.8, 4) is 10.8 Å². The lowest BCUT2D eigenvalue weighted by Gasteiger charge is -2.18. The van der Waals surface area contributed by atoms with Crippen LogP contribution in [0.3, 0.4) is 0 Å². The topological polar surface area (TPSA) is 107 Å². The molecule has 0 unspecified atom stereocenters. The fourth-order valence-electron chi connectivity index (χ4n) is 3.50. The Morgan fingerprint density at radius 3 is 2.81 bits per heavy atom. The number of thiophene rings is 1. The minimum Gasteiger partial charge on any atom is -0.457 e. The zero-order valence-corrected chi connectivity index (χ0v) is 19.3. The molecule has 0 radical (unpaired) electrons. The van der Waals surface area contributed by atoms with Gasteiger partial charge in [-0.3, -0.25) is 13.9 Å². The maximum atomic E-state index is 12.5. The molecule has 0 spiro atoms. The zero-order valence-electron chi connectivity index (χ0n) is 17.7. The molecule has 2 aromatic heterocycles. The van der Waals surface area contributed by atoms with Gasteiger partial charge in [0.25, 0.3) is 0 Å². The van der Waals surface area contributed by atoms with E-state index in [0.717, 1.165) is 10.4 Å². The minimum absolute atomic E-state index is 0.0168. The van der Waals surface area contributed by atoms with Gasteiger partial charge in [0, 0.05) is 12.1 Å². The van der Waals surface area contributed by atoms with Crippen molar-refractivity contribution < 1.29 is 27.2 Å². The second-order valence-corrected chi connectivity index (χ2v) is 10.5. The van der Waals surface area contributed by atoms with Gasteiger partial charge in [-0.05, 0) is 55.5 Å². The van der Waals surface area contributed by atoms with Crippen LogP contribution in [0.15, 0.2) is 40.1 Å². The highest BCUT2D eigenvalue weighted by Gasteiger charge is 2.28. The Labute approximate surface area is 189 Å². The van der Waals surface area contributed by atoms with Crippen molar-refractivity contribution in [3.05, 3.63) is 58.3 Å². The van der Waals surface area contributed by atoms with Crippen molar-refractivity contribution in [2.45, 2.75) is 26.7 Å². The van der Waals surface area contributed by atoms with Gasteiger partial charge in [0.05, 0.1) is 28.4 Å². The largest absolute Gasteiger partial charge is 0.457 e. The van der Waals surface area contributed by atoms with Crippen LogP contribution >= 0.6 is 11.3 Å². The molecule has 0 fully saturated rings. The van der Waals surface area contributed by atoms with E-state index in [1.165, 1.54) is 15.6 Å². The second-order valence-electron chi connectivity index (χ2n) is 7.33. The third kappa shape index (κ3) is 4.46. The Bertz CT molecular complexity index is 1260. The summed E-state index contributed by atoms with van der Waals surface area (Å²) in [6.07, 6.45) is 0.440. The van der Waals surface area contributed by atoms with Crippen LogP contribution in [0, 0.1) is 6.92 Å². The highest BCUT2D eigenvalue weighted by atomic mass is 32.2. The number of Topliss-reactive ketones (excluding diaryl/α,β-unsaturated/α-hetero) is 1. The van der Waals surface area contributed by atoms with Crippen LogP contribution in [0.25, 0.3) is 10.8 Å². The van der Waals surface area contributed by atoms with Crippen LogP contribution < -0.4 is 4.31 Å². The predicted molar refractivity (Wildman–Crippen MR) is 120 cm³/mol. The molecule has 0 N–H and O–H groups in total. The summed E-state index contributed by atoms with van der Waals surface area (Å²) in [6.45, 7) is 3.29. The molecule has 1 aromatic carbocycles. The molecule has 8 nitrogen and oxygen atoms in total. The lowest BCUT2D eigenvalue weighted by atomic mass is 10.1. The van der Waals surface area contributed by atoms with E-state index in [2.05, 4.69) is 4.98 Å². The molecule has 32 heavy (non-hydrogen) atoms. The second kappa shape index (κ2) is 8.87. The molecule has 0 aliphatic carbocycles. The molecule has 168 valence electrons. The number of anilines is 1. The lowest BCUT2D eigenvalue weighted by Crippen LogP contribution is -2.30. The van der Waals surface area contributed by atoms with Gasteiger partial charge in [-0.1, -0.05) is 6.07 Å². The van der Waals surface area contributed by atoms with E-state index in [4.69, 9.17) is 9.15 Å². The Kier molecular flexibility index (Phi) is 6.16. The van der Waals surface area contributed by atoms with Crippen LogP contribution in [0.2, 0.25) is 0 Å². The maximum Gasteiger partial charge on any atom is 0.312 e. The number of fused-ring (bicyclic) bond motifs is 1. The van der Waals surface area contributed by atoms with Crippen LogP contribution in [0.5, 0.6) is 0 Å². The van der Waals surface area contributed by atoms with E-state index in [-0.39, 0.29) is 18.0 Å². The van der Waals surface area contributed by atoms with E-state index in [0.29, 0.717) is 41.6 Å². The van der Waals surface area contributed by atoms with Crippen LogP contribution in [-0.2, 0) is 32.4 Å². The average Bonchev–Trinajstić information content (AvgIpc) is 3.52. The highest BCUT2D eigenvalue weighted by Crippen LogP contribution is 2.31. The first-order valence-electron chi connectivity index (χ1n) is 10.1. The summed E-state index contributed by atoms with van der Waals surface area (Å²) in [6, 6.07) is 8.64. The number of esters is 1. The number of benzene rings is 1. The van der Waals surface area contributed by atoms with Crippen LogP contribution in [-0.4, -0.2) is 44.1 Å². The maximum absolute atomic E-state index is 12.5. The van der Waals surface area contributed by atoms with Crippen molar-refractivity contribution >= 4 is 38.8 Å². The lowest BCUT2D eigenvalue weighted by molar-refractivity contribution is -0.141. The van der Waals surface area contributed by atoms with E-state index >= 15 is 0 Å². The molecule has 1 aliphatic rings. The molecule has 3 aromatic rings. The van der Waals surface area contributed by atoms with Gasteiger partial charge < -0.3 is 9.15 Å². The summed E-state index contributed by atoms with van der Waals surface area (Å²) in [7, 11) is -3.35. The molecular formula is C22H22N2O6S2. The van der Waals surface area contributed by atoms with Gasteiger partial charge in [-0.15, -0.1) is 11.3 Å². The number of sulfonamides is 1. The number of ether oxygens (including phenoxy) is 1. The average molecular weight is 475 g/mol. The van der Waals surface area contributed by atoms with Gasteiger partial charge in [-0.2, -0.15) is 0 Å². The molecule has 1 aliphatic heterocycles. The summed E-state index contributed by atoms with van der Waals surface area (Å²) in [4.78, 5) is 30.0. The fourth-order valence-corrected chi connectivity index (χ4v) is 5.31. The monoisotopic (exact) mass is 474 g/mol. The van der Waals surface area contributed by atoms with E-state index < -0.39 is 22.6 Å². The first-order valence-corrected chi connectivity index (χ1v) is 12.6. The van der Waals surface area contributed by atoms with Gasteiger partial charge >= 0.3 is 5.97 Å². The molecule has 0 atom stereocenters. The van der Waals surface area contributed by atoms with Crippen molar-refractivity contribution in [1.82, 2.24) is 4.98 Å². The van der Waals surface area contributed by atoms with Gasteiger partial charge in [0.15, 0.2) is 12.4 Å². The van der Waals surface area contributed by atoms with Crippen molar-refractivity contribution in [2.24, 2.45) is 0 Å². The smallest absolute Gasteiger partial charge is 0.312 e. The number of carbonyl (C=O) groups is 2. The summed E-state index contributed by atoms with van der Waals surface area (Å²) in [5.41, 5.74) is 2.24. The Balaban J connectivity index is 1.37. The van der Waals surface area contributed by atoms with E-state index in [1.807, 2.05) is 17.5 Å². The number of ketones is 1. The van der Waals surface area contributed by atoms with Crippen molar-refractivity contribution in [1.29, 1.82) is 0 Å². The third-order valence-corrected chi connectivity index (χ3v) is 7.89. The normalized spacial score (nSPS) is 13.2. The van der Waals surface area contributed by atoms with E-state index in [1.54, 1.807) is 32.0 Å². The number of nitrogens with zero attached hydrogens (tertiary/aromatic N) is 2. The van der Waals surface area contributed by atoms with Gasteiger partial charge in [-0.25, -0.2) is 13.4 Å². The zero-order chi connectivity index (χ0) is 22.9. The molecule has 0 saturated heterocycles. The number of aryl methyl sites for hydroxylation is 1. The first-order chi connectivity index (χ1) is 15.3. The SMILES string of the molecule is CCS(=O)(=O)N1CCc2cc(C(=O)COC(=O)Cc3nc(-c4cccs4)oc3C)ccc21. The molecule has 4 rings (SSSR count). The number of hydrogen-bond donors (Lipinski definition) is 0. The summed E-state index contributed by atoms with van der Waals surface area (Å²) in [5, 5.41) is 1.91. The molecular weight excluding hydrogens is 452 g/mol. The van der Waals surface area contributed by atoms with Crippen LogP contribution in [0.4, 0.5) is 5.69 Å². The molecule has 10 heteroatoms. The highest BCUT2D eigenvalue weighted by molar-refractivity contribution is 7.92. The number of oxazole rings is 1. The number of rotatable bonds is 8. The minimum atomic E-state index is -3.35. The quantitative estimate of drug-likeness (QED) is 0.364. The number of hydrogen-bond acceptors (Lipinski definition) is 8. The first kappa shape index (κ1) is 22.2. The van der Waals surface area contributed by atoms with Gasteiger partial charge in [0.2, 0.25) is 15.9 Å². The summed E-state index contributed by atoms with van der Waals surface area (Å²) >= 11 is 1.49. The van der Waals surface area contributed by atoms with E-state index in [9.17, 15) is 18.0 Å². The predicted octanol–water partition coefficient (Wildman–Crippen LogP) is 3.39. The molecule has 0 saturated carbocycles. The molecule has 0 amide bonds. The summed E-state index contributed by atoms with van der Waals surface area (Å²) in [5.74, 6) is 0.0709. The fraction of sp³-hybridized carbons (Fsp3) is 0.318. The molecule has 0 bridgehead atoms. The van der Waals surface area contributed by atoms with Crippen molar-refractivity contribution in [3.63, 3.8) is 0 Å². The van der Waals surface area contributed by atoms with Crippen molar-refractivity contribution in [2.75, 3.05) is 23.2 Å². The standard InChI is InChI=1S/C22H22N2O6S2/c1-3-32(27,28)24-9-8-15-11-16(6-7-18(15)24)19(25)13-29-21(26)12-17-14(2)30-22(23-17)20-5-4-10-31-20/h4-7,10-11H,3,8-9,12-13H2,1-2H3. The molecule has 3 heterocycles.